The third kappa shape index (κ3) is 2.97. The van der Waals surface area contributed by atoms with Crippen molar-refractivity contribution in [1.29, 1.82) is 0 Å². The molecule has 5 heteroatoms. The molecule has 2 aromatic carbocycles. The van der Waals surface area contributed by atoms with Gasteiger partial charge >= 0.3 is 0 Å². The average molecular weight is 338 g/mol. The van der Waals surface area contributed by atoms with E-state index in [4.69, 9.17) is 4.74 Å². The standard InChI is InChI=1S/C20H19FN2O2/c1-25-15-6-4-14(5-7-15)22-20(24)12-2-8-18-16(10-12)17-11-13(21)3-9-19(17)23-18/h3-7,9,11-12,23H,2,8,10H2,1H3,(H,22,24). The first-order chi connectivity index (χ1) is 12.1. The van der Waals surface area contributed by atoms with Crippen molar-refractivity contribution in [1.82, 2.24) is 4.98 Å². The molecule has 0 saturated heterocycles. The number of fused-ring (bicyclic) bond motifs is 3. The summed E-state index contributed by atoms with van der Waals surface area (Å²) in [5.74, 6) is 0.388. The highest BCUT2D eigenvalue weighted by molar-refractivity contribution is 5.94. The van der Waals surface area contributed by atoms with E-state index in [0.29, 0.717) is 6.42 Å². The van der Waals surface area contributed by atoms with Crippen LogP contribution in [0.25, 0.3) is 10.9 Å². The number of carbonyl (C=O) groups is 1. The Kier molecular flexibility index (Phi) is 3.92. The van der Waals surface area contributed by atoms with Crippen molar-refractivity contribution >= 4 is 22.5 Å². The Morgan fingerprint density at radius 3 is 2.80 bits per heavy atom. The summed E-state index contributed by atoms with van der Waals surface area (Å²) in [5, 5.41) is 3.85. The van der Waals surface area contributed by atoms with Gasteiger partial charge in [-0.1, -0.05) is 0 Å². The number of ether oxygens (including phenoxy) is 1. The second-order valence-electron chi connectivity index (χ2n) is 6.43. The number of hydrogen-bond acceptors (Lipinski definition) is 2. The molecule has 4 rings (SSSR count). The van der Waals surface area contributed by atoms with Crippen LogP contribution >= 0.6 is 0 Å². The molecule has 1 heterocycles. The lowest BCUT2D eigenvalue weighted by Gasteiger charge is -2.22. The molecule has 0 saturated carbocycles. The summed E-state index contributed by atoms with van der Waals surface area (Å²) in [6.45, 7) is 0. The highest BCUT2D eigenvalue weighted by atomic mass is 19.1. The first kappa shape index (κ1) is 15.7. The fraction of sp³-hybridized carbons (Fsp3) is 0.250. The van der Waals surface area contributed by atoms with Crippen molar-refractivity contribution in [3.05, 3.63) is 59.5 Å². The van der Waals surface area contributed by atoms with Crippen molar-refractivity contribution in [2.75, 3.05) is 12.4 Å². The zero-order valence-electron chi connectivity index (χ0n) is 13.9. The Morgan fingerprint density at radius 1 is 1.24 bits per heavy atom. The summed E-state index contributed by atoms with van der Waals surface area (Å²) in [6, 6.07) is 12.0. The van der Waals surface area contributed by atoms with Crippen molar-refractivity contribution in [3.8, 4) is 5.75 Å². The number of H-pyrrole nitrogens is 1. The van der Waals surface area contributed by atoms with Crippen LogP contribution in [0, 0.1) is 11.7 Å². The second-order valence-corrected chi connectivity index (χ2v) is 6.43. The number of aryl methyl sites for hydroxylation is 1. The van der Waals surface area contributed by atoms with Crippen LogP contribution in [0.15, 0.2) is 42.5 Å². The molecule has 25 heavy (non-hydrogen) atoms. The molecule has 4 nitrogen and oxygen atoms in total. The summed E-state index contributed by atoms with van der Waals surface area (Å²) in [4.78, 5) is 16.0. The normalized spacial score (nSPS) is 16.5. The van der Waals surface area contributed by atoms with Gasteiger partial charge in [-0.05, 0) is 67.3 Å². The van der Waals surface area contributed by atoms with E-state index >= 15 is 0 Å². The Balaban J connectivity index is 1.53. The Labute approximate surface area is 145 Å². The number of rotatable bonds is 3. The number of aromatic nitrogens is 1. The number of benzene rings is 2. The minimum absolute atomic E-state index is 0.00145. The number of amides is 1. The zero-order valence-corrected chi connectivity index (χ0v) is 13.9. The molecular weight excluding hydrogens is 319 g/mol. The number of halogens is 1. The lowest BCUT2D eigenvalue weighted by molar-refractivity contribution is -0.120. The monoisotopic (exact) mass is 338 g/mol. The molecule has 1 aliphatic rings. The SMILES string of the molecule is COc1ccc(NC(=O)C2CCc3[nH]c4ccc(F)cc4c3C2)cc1. The quantitative estimate of drug-likeness (QED) is 0.757. The Bertz CT molecular complexity index is 931. The van der Waals surface area contributed by atoms with Crippen LogP contribution in [0.1, 0.15) is 17.7 Å². The van der Waals surface area contributed by atoms with Crippen molar-refractivity contribution in [2.45, 2.75) is 19.3 Å². The highest BCUT2D eigenvalue weighted by Gasteiger charge is 2.27. The maximum absolute atomic E-state index is 13.6. The Morgan fingerprint density at radius 2 is 2.04 bits per heavy atom. The highest BCUT2D eigenvalue weighted by Crippen LogP contribution is 2.32. The largest absolute Gasteiger partial charge is 0.497 e. The van der Waals surface area contributed by atoms with Crippen molar-refractivity contribution in [2.24, 2.45) is 5.92 Å². The molecule has 0 fully saturated rings. The lowest BCUT2D eigenvalue weighted by Crippen LogP contribution is -2.28. The van der Waals surface area contributed by atoms with Gasteiger partial charge in [0.1, 0.15) is 11.6 Å². The number of nitrogens with one attached hydrogen (secondary N) is 2. The lowest BCUT2D eigenvalue weighted by atomic mass is 9.85. The zero-order chi connectivity index (χ0) is 17.4. The van der Waals surface area contributed by atoms with E-state index in [-0.39, 0.29) is 17.6 Å². The average Bonchev–Trinajstić information content (AvgIpc) is 2.99. The van der Waals surface area contributed by atoms with Gasteiger partial charge in [-0.15, -0.1) is 0 Å². The van der Waals surface area contributed by atoms with E-state index in [1.54, 1.807) is 19.2 Å². The van der Waals surface area contributed by atoms with Crippen molar-refractivity contribution < 1.29 is 13.9 Å². The predicted molar refractivity (Wildman–Crippen MR) is 95.4 cm³/mol. The number of aromatic amines is 1. The number of methoxy groups -OCH3 is 1. The van der Waals surface area contributed by atoms with Crippen LogP contribution in [0.2, 0.25) is 0 Å². The van der Waals surface area contributed by atoms with E-state index in [1.807, 2.05) is 24.3 Å². The summed E-state index contributed by atoms with van der Waals surface area (Å²) in [7, 11) is 1.61. The maximum Gasteiger partial charge on any atom is 0.227 e. The van der Waals surface area contributed by atoms with Crippen LogP contribution in [-0.4, -0.2) is 18.0 Å². The van der Waals surface area contributed by atoms with Gasteiger partial charge < -0.3 is 15.0 Å². The molecule has 0 bridgehead atoms. The molecule has 1 unspecified atom stereocenters. The molecule has 1 amide bonds. The van der Waals surface area contributed by atoms with E-state index in [1.165, 1.54) is 6.07 Å². The van der Waals surface area contributed by atoms with Crippen LogP contribution in [-0.2, 0) is 17.6 Å². The molecule has 0 aliphatic heterocycles. The molecule has 3 aromatic rings. The summed E-state index contributed by atoms with van der Waals surface area (Å²) in [5.41, 5.74) is 3.87. The molecule has 2 N–H and O–H groups in total. The van der Waals surface area contributed by atoms with Gasteiger partial charge in [-0.3, -0.25) is 4.79 Å². The van der Waals surface area contributed by atoms with E-state index in [9.17, 15) is 9.18 Å². The third-order valence-electron chi connectivity index (χ3n) is 4.88. The topological polar surface area (TPSA) is 54.1 Å². The van der Waals surface area contributed by atoms with Gasteiger partial charge in [-0.25, -0.2) is 4.39 Å². The fourth-order valence-corrected chi connectivity index (χ4v) is 3.53. The maximum atomic E-state index is 13.6. The van der Waals surface area contributed by atoms with E-state index < -0.39 is 0 Å². The van der Waals surface area contributed by atoms with Gasteiger partial charge in [0.05, 0.1) is 7.11 Å². The van der Waals surface area contributed by atoms with Gasteiger partial charge in [0.15, 0.2) is 0 Å². The first-order valence-electron chi connectivity index (χ1n) is 8.38. The molecule has 1 atom stereocenters. The molecule has 128 valence electrons. The molecule has 1 aromatic heterocycles. The second kappa shape index (κ2) is 6.24. The minimum Gasteiger partial charge on any atom is -0.497 e. The molecule has 0 spiro atoms. The first-order valence-corrected chi connectivity index (χ1v) is 8.38. The molecule has 1 aliphatic carbocycles. The van der Waals surface area contributed by atoms with Gasteiger partial charge in [0.2, 0.25) is 5.91 Å². The van der Waals surface area contributed by atoms with Crippen LogP contribution in [0.4, 0.5) is 10.1 Å². The van der Waals surface area contributed by atoms with Crippen molar-refractivity contribution in [3.63, 3.8) is 0 Å². The predicted octanol–water partition coefficient (Wildman–Crippen LogP) is 4.06. The van der Waals surface area contributed by atoms with Crippen LogP contribution < -0.4 is 10.1 Å². The summed E-state index contributed by atoms with van der Waals surface area (Å²) >= 11 is 0. The summed E-state index contributed by atoms with van der Waals surface area (Å²) < 4.78 is 18.7. The van der Waals surface area contributed by atoms with Gasteiger partial charge in [-0.2, -0.15) is 0 Å². The van der Waals surface area contributed by atoms with Crippen LogP contribution in [0.3, 0.4) is 0 Å². The van der Waals surface area contributed by atoms with Gasteiger partial charge in [0, 0.05) is 28.2 Å². The minimum atomic E-state index is -0.251. The van der Waals surface area contributed by atoms with Crippen LogP contribution in [0.5, 0.6) is 5.75 Å². The van der Waals surface area contributed by atoms with E-state index in [2.05, 4.69) is 10.3 Å². The third-order valence-corrected chi connectivity index (χ3v) is 4.88. The Hall–Kier alpha value is -2.82. The van der Waals surface area contributed by atoms with E-state index in [0.717, 1.165) is 46.4 Å². The van der Waals surface area contributed by atoms with Gasteiger partial charge in [0.25, 0.3) is 0 Å². The number of hydrogen-bond donors (Lipinski definition) is 2. The summed E-state index contributed by atoms with van der Waals surface area (Å²) in [6.07, 6.45) is 2.21. The smallest absolute Gasteiger partial charge is 0.227 e. The molecule has 0 radical (unpaired) electrons. The fourth-order valence-electron chi connectivity index (χ4n) is 3.53. The number of carbonyl (C=O) groups excluding carboxylic acids is 1. The molecular formula is C20H19FN2O2. The number of anilines is 1.